The van der Waals surface area contributed by atoms with Crippen LogP contribution in [0.4, 0.5) is 0 Å². The molecule has 0 radical (unpaired) electrons. The fourth-order valence-corrected chi connectivity index (χ4v) is 2.01. The van der Waals surface area contributed by atoms with Crippen molar-refractivity contribution in [2.45, 2.75) is 52.5 Å². The topological polar surface area (TPSA) is 46.9 Å². The quantitative estimate of drug-likeness (QED) is 0.749. The van der Waals surface area contributed by atoms with Crippen molar-refractivity contribution in [1.29, 1.82) is 0 Å². The van der Waals surface area contributed by atoms with Gasteiger partial charge in [-0.2, -0.15) is 5.10 Å². The fraction of sp³-hybridized carbons (Fsp3) is 0.692. The van der Waals surface area contributed by atoms with E-state index in [1.54, 1.807) is 4.68 Å². The number of aromatic nitrogens is 2. The minimum Gasteiger partial charge on any atom is -0.356 e. The SMILES string of the molecule is CCCCCCNC(=O)CCn1cc(Br)c(C)n1. The molecule has 0 fully saturated rings. The molecule has 1 N–H and O–H groups in total. The second-order valence-corrected chi connectivity index (χ2v) is 5.34. The van der Waals surface area contributed by atoms with Crippen LogP contribution < -0.4 is 5.32 Å². The number of carbonyl (C=O) groups is 1. The van der Waals surface area contributed by atoms with Gasteiger partial charge in [0.1, 0.15) is 0 Å². The molecule has 102 valence electrons. The maximum absolute atomic E-state index is 11.6. The van der Waals surface area contributed by atoms with Gasteiger partial charge in [-0.05, 0) is 29.3 Å². The Morgan fingerprint density at radius 2 is 2.22 bits per heavy atom. The van der Waals surface area contributed by atoms with Gasteiger partial charge < -0.3 is 5.32 Å². The normalized spacial score (nSPS) is 10.6. The molecule has 4 nitrogen and oxygen atoms in total. The number of halogens is 1. The highest BCUT2D eigenvalue weighted by Crippen LogP contribution is 2.13. The van der Waals surface area contributed by atoms with Crippen molar-refractivity contribution in [3.63, 3.8) is 0 Å². The summed E-state index contributed by atoms with van der Waals surface area (Å²) in [4.78, 5) is 11.6. The van der Waals surface area contributed by atoms with Crippen LogP contribution in [0.15, 0.2) is 10.7 Å². The van der Waals surface area contributed by atoms with Crippen LogP contribution in [0.1, 0.15) is 44.7 Å². The summed E-state index contributed by atoms with van der Waals surface area (Å²) in [6.07, 6.45) is 7.14. The molecule has 1 amide bonds. The maximum atomic E-state index is 11.6. The molecule has 0 aliphatic carbocycles. The molecule has 5 heteroatoms. The monoisotopic (exact) mass is 315 g/mol. The van der Waals surface area contributed by atoms with E-state index in [2.05, 4.69) is 33.3 Å². The van der Waals surface area contributed by atoms with Crippen LogP contribution in [0.25, 0.3) is 0 Å². The molecule has 0 spiro atoms. The summed E-state index contributed by atoms with van der Waals surface area (Å²) in [7, 11) is 0. The first kappa shape index (κ1) is 15.2. The molecule has 0 aromatic carbocycles. The van der Waals surface area contributed by atoms with E-state index in [0.717, 1.165) is 23.1 Å². The lowest BCUT2D eigenvalue weighted by Crippen LogP contribution is -2.25. The first-order chi connectivity index (χ1) is 8.63. The average molecular weight is 316 g/mol. The first-order valence-electron chi connectivity index (χ1n) is 6.59. The maximum Gasteiger partial charge on any atom is 0.221 e. The molecule has 0 saturated heterocycles. The molecule has 0 aliphatic heterocycles. The Balaban J connectivity index is 2.13. The summed E-state index contributed by atoms with van der Waals surface area (Å²) >= 11 is 3.41. The smallest absolute Gasteiger partial charge is 0.221 e. The van der Waals surface area contributed by atoms with Crippen molar-refractivity contribution >= 4 is 21.8 Å². The van der Waals surface area contributed by atoms with Crippen molar-refractivity contribution in [2.75, 3.05) is 6.54 Å². The van der Waals surface area contributed by atoms with Crippen molar-refractivity contribution in [3.05, 3.63) is 16.4 Å². The minimum absolute atomic E-state index is 0.107. The highest BCUT2D eigenvalue weighted by Gasteiger charge is 2.04. The van der Waals surface area contributed by atoms with E-state index in [-0.39, 0.29) is 5.91 Å². The van der Waals surface area contributed by atoms with Crippen molar-refractivity contribution in [1.82, 2.24) is 15.1 Å². The Morgan fingerprint density at radius 3 is 2.83 bits per heavy atom. The van der Waals surface area contributed by atoms with Gasteiger partial charge in [0.2, 0.25) is 5.91 Å². The molecule has 0 saturated carbocycles. The number of amides is 1. The van der Waals surface area contributed by atoms with Crippen LogP contribution in [0, 0.1) is 6.92 Å². The molecule has 1 rings (SSSR count). The zero-order chi connectivity index (χ0) is 13.4. The van der Waals surface area contributed by atoms with Crippen molar-refractivity contribution in [2.24, 2.45) is 0 Å². The molecule has 1 aromatic heterocycles. The Kier molecular flexibility index (Phi) is 7.01. The number of hydrogen-bond acceptors (Lipinski definition) is 2. The van der Waals surface area contributed by atoms with Crippen LogP contribution in [-0.4, -0.2) is 22.2 Å². The van der Waals surface area contributed by atoms with Crippen LogP contribution in [0.2, 0.25) is 0 Å². The Morgan fingerprint density at radius 1 is 1.44 bits per heavy atom. The molecular formula is C13H22BrN3O. The van der Waals surface area contributed by atoms with E-state index in [0.29, 0.717) is 13.0 Å². The first-order valence-corrected chi connectivity index (χ1v) is 7.39. The number of rotatable bonds is 8. The van der Waals surface area contributed by atoms with Gasteiger partial charge in [0.25, 0.3) is 0 Å². The zero-order valence-corrected chi connectivity index (χ0v) is 12.8. The largest absolute Gasteiger partial charge is 0.356 e. The van der Waals surface area contributed by atoms with E-state index in [1.807, 2.05) is 13.1 Å². The number of hydrogen-bond donors (Lipinski definition) is 1. The molecule has 0 unspecified atom stereocenters. The predicted octanol–water partition coefficient (Wildman–Crippen LogP) is 3.04. The minimum atomic E-state index is 0.107. The lowest BCUT2D eigenvalue weighted by Gasteiger charge is -2.05. The standard InChI is InChI=1S/C13H22BrN3O/c1-3-4-5-6-8-15-13(18)7-9-17-10-12(14)11(2)16-17/h10H,3-9H2,1-2H3,(H,15,18). The zero-order valence-electron chi connectivity index (χ0n) is 11.2. The number of nitrogens with zero attached hydrogens (tertiary/aromatic N) is 2. The third kappa shape index (κ3) is 5.67. The summed E-state index contributed by atoms with van der Waals surface area (Å²) < 4.78 is 2.79. The van der Waals surface area contributed by atoms with E-state index >= 15 is 0 Å². The van der Waals surface area contributed by atoms with Gasteiger partial charge in [0.05, 0.1) is 10.2 Å². The van der Waals surface area contributed by atoms with Gasteiger partial charge in [-0.15, -0.1) is 0 Å². The third-order valence-corrected chi connectivity index (χ3v) is 3.59. The molecule has 1 aromatic rings. The van der Waals surface area contributed by atoms with E-state index < -0.39 is 0 Å². The average Bonchev–Trinajstić information content (AvgIpc) is 2.66. The molecule has 0 atom stereocenters. The summed E-state index contributed by atoms with van der Waals surface area (Å²) in [5.74, 6) is 0.107. The Hall–Kier alpha value is -0.840. The van der Waals surface area contributed by atoms with Crippen LogP contribution in [0.5, 0.6) is 0 Å². The summed E-state index contributed by atoms with van der Waals surface area (Å²) in [6, 6.07) is 0. The van der Waals surface area contributed by atoms with Gasteiger partial charge in [-0.1, -0.05) is 26.2 Å². The number of carbonyl (C=O) groups excluding carboxylic acids is 1. The highest BCUT2D eigenvalue weighted by atomic mass is 79.9. The molecule has 0 bridgehead atoms. The van der Waals surface area contributed by atoms with Gasteiger partial charge in [-0.25, -0.2) is 0 Å². The lowest BCUT2D eigenvalue weighted by molar-refractivity contribution is -0.121. The number of aryl methyl sites for hydroxylation is 2. The third-order valence-electron chi connectivity index (χ3n) is 2.81. The van der Waals surface area contributed by atoms with E-state index in [1.165, 1.54) is 19.3 Å². The summed E-state index contributed by atoms with van der Waals surface area (Å²) in [5, 5.41) is 7.23. The van der Waals surface area contributed by atoms with Crippen LogP contribution in [-0.2, 0) is 11.3 Å². The second kappa shape index (κ2) is 8.29. The lowest BCUT2D eigenvalue weighted by atomic mass is 10.2. The van der Waals surface area contributed by atoms with Crippen LogP contribution in [0.3, 0.4) is 0 Å². The molecular weight excluding hydrogens is 294 g/mol. The van der Waals surface area contributed by atoms with Crippen molar-refractivity contribution < 1.29 is 4.79 Å². The van der Waals surface area contributed by atoms with Gasteiger partial charge in [-0.3, -0.25) is 9.48 Å². The molecule has 18 heavy (non-hydrogen) atoms. The Bertz CT molecular complexity index is 357. The summed E-state index contributed by atoms with van der Waals surface area (Å²) in [5.41, 5.74) is 0.954. The van der Waals surface area contributed by atoms with E-state index in [4.69, 9.17) is 0 Å². The molecule has 0 aliphatic rings. The number of unbranched alkanes of at least 4 members (excludes halogenated alkanes) is 3. The van der Waals surface area contributed by atoms with E-state index in [9.17, 15) is 4.79 Å². The van der Waals surface area contributed by atoms with Crippen molar-refractivity contribution in [3.8, 4) is 0 Å². The highest BCUT2D eigenvalue weighted by molar-refractivity contribution is 9.10. The van der Waals surface area contributed by atoms with Gasteiger partial charge in [0, 0.05) is 25.7 Å². The number of nitrogens with one attached hydrogen (secondary N) is 1. The van der Waals surface area contributed by atoms with Gasteiger partial charge in [0.15, 0.2) is 0 Å². The predicted molar refractivity (Wildman–Crippen MR) is 76.4 cm³/mol. The van der Waals surface area contributed by atoms with Crippen LogP contribution >= 0.6 is 15.9 Å². The Labute approximate surface area is 117 Å². The second-order valence-electron chi connectivity index (χ2n) is 4.49. The molecule has 1 heterocycles. The fourth-order valence-electron chi connectivity index (χ4n) is 1.69. The van der Waals surface area contributed by atoms with Gasteiger partial charge >= 0.3 is 0 Å². The summed E-state index contributed by atoms with van der Waals surface area (Å²) in [6.45, 7) is 5.55.